The minimum absolute atomic E-state index is 0.343. The fraction of sp³-hybridized carbons (Fsp3) is 0.769. The lowest BCUT2D eigenvalue weighted by molar-refractivity contribution is 0.200. The lowest BCUT2D eigenvalue weighted by atomic mass is 9.99. The van der Waals surface area contributed by atoms with Crippen LogP contribution in [0.25, 0.3) is 0 Å². The Morgan fingerprint density at radius 1 is 1.11 bits per heavy atom. The van der Waals surface area contributed by atoms with Crippen LogP contribution in [-0.2, 0) is 11.2 Å². The summed E-state index contributed by atoms with van der Waals surface area (Å²) in [7, 11) is 1.68. The van der Waals surface area contributed by atoms with Crippen LogP contribution in [-0.4, -0.2) is 28.7 Å². The number of hydrogen-bond donors (Lipinski definition) is 1. The maximum Gasteiger partial charge on any atom is 0.223 e. The van der Waals surface area contributed by atoms with Gasteiger partial charge >= 0.3 is 0 Å². The van der Waals surface area contributed by atoms with Crippen molar-refractivity contribution in [3.8, 4) is 0 Å². The highest BCUT2D eigenvalue weighted by Gasteiger charge is 2.18. The molecule has 1 heterocycles. The van der Waals surface area contributed by atoms with Crippen molar-refractivity contribution in [1.29, 1.82) is 0 Å². The number of nitrogens with two attached hydrogens (primary N) is 1. The monoisotopic (exact) mass is 250 g/mol. The van der Waals surface area contributed by atoms with Gasteiger partial charge in [0.2, 0.25) is 5.95 Å². The van der Waals surface area contributed by atoms with Crippen molar-refractivity contribution in [2.75, 3.05) is 19.5 Å². The first-order valence-electron chi connectivity index (χ1n) is 6.79. The number of rotatable bonds is 4. The standard InChI is InChI=1S/C13H22N4O/c1-18-9-8-11-15-12(17-13(14)16-11)10-6-4-2-3-5-7-10/h10H,2-9H2,1H3,(H2,14,15,16,17). The van der Waals surface area contributed by atoms with Crippen LogP contribution >= 0.6 is 0 Å². The molecule has 5 nitrogen and oxygen atoms in total. The Hall–Kier alpha value is -1.23. The van der Waals surface area contributed by atoms with Gasteiger partial charge in [0.25, 0.3) is 0 Å². The third kappa shape index (κ3) is 3.63. The van der Waals surface area contributed by atoms with E-state index in [0.717, 1.165) is 11.6 Å². The summed E-state index contributed by atoms with van der Waals surface area (Å²) < 4.78 is 5.05. The number of aromatic nitrogens is 3. The van der Waals surface area contributed by atoms with Gasteiger partial charge in [-0.25, -0.2) is 4.98 Å². The first-order chi connectivity index (χ1) is 8.79. The van der Waals surface area contributed by atoms with E-state index in [4.69, 9.17) is 10.5 Å². The summed E-state index contributed by atoms with van der Waals surface area (Å²) in [6.07, 6.45) is 8.23. The van der Waals surface area contributed by atoms with Crippen LogP contribution in [0.2, 0.25) is 0 Å². The largest absolute Gasteiger partial charge is 0.384 e. The van der Waals surface area contributed by atoms with Gasteiger partial charge in [-0.15, -0.1) is 0 Å². The second-order valence-electron chi connectivity index (χ2n) is 4.90. The number of nitrogens with zero attached hydrogens (tertiary/aromatic N) is 3. The highest BCUT2D eigenvalue weighted by molar-refractivity contribution is 5.17. The minimum atomic E-state index is 0.343. The van der Waals surface area contributed by atoms with Crippen molar-refractivity contribution in [2.24, 2.45) is 0 Å². The molecule has 1 aromatic heterocycles. The van der Waals surface area contributed by atoms with Crippen LogP contribution in [0.5, 0.6) is 0 Å². The molecular weight excluding hydrogens is 228 g/mol. The predicted molar refractivity (Wildman–Crippen MR) is 70.3 cm³/mol. The van der Waals surface area contributed by atoms with E-state index in [1.165, 1.54) is 38.5 Å². The minimum Gasteiger partial charge on any atom is -0.384 e. The summed E-state index contributed by atoms with van der Waals surface area (Å²) in [5.74, 6) is 2.44. The summed E-state index contributed by atoms with van der Waals surface area (Å²) in [6.45, 7) is 0.619. The van der Waals surface area contributed by atoms with Gasteiger partial charge in [0, 0.05) is 19.4 Å². The van der Waals surface area contributed by atoms with Crippen molar-refractivity contribution < 1.29 is 4.74 Å². The lowest BCUT2D eigenvalue weighted by Gasteiger charge is -2.13. The van der Waals surface area contributed by atoms with Gasteiger partial charge < -0.3 is 10.5 Å². The van der Waals surface area contributed by atoms with E-state index in [9.17, 15) is 0 Å². The molecule has 0 atom stereocenters. The second-order valence-corrected chi connectivity index (χ2v) is 4.90. The van der Waals surface area contributed by atoms with Gasteiger partial charge in [-0.2, -0.15) is 9.97 Å². The Kier molecular flexibility index (Phi) is 4.87. The molecule has 0 unspecified atom stereocenters. The zero-order valence-electron chi connectivity index (χ0n) is 11.1. The lowest BCUT2D eigenvalue weighted by Crippen LogP contribution is -2.12. The molecule has 5 heteroatoms. The Morgan fingerprint density at radius 3 is 2.50 bits per heavy atom. The fourth-order valence-electron chi connectivity index (χ4n) is 2.48. The van der Waals surface area contributed by atoms with E-state index in [-0.39, 0.29) is 0 Å². The summed E-state index contributed by atoms with van der Waals surface area (Å²) in [5.41, 5.74) is 5.77. The van der Waals surface area contributed by atoms with E-state index in [1.807, 2.05) is 0 Å². The maximum atomic E-state index is 5.77. The van der Waals surface area contributed by atoms with Crippen LogP contribution in [0.3, 0.4) is 0 Å². The molecule has 0 spiro atoms. The molecule has 2 rings (SSSR count). The summed E-state index contributed by atoms with van der Waals surface area (Å²) in [4.78, 5) is 13.0. The molecule has 0 bridgehead atoms. The molecule has 2 N–H and O–H groups in total. The molecule has 1 aliphatic rings. The molecule has 1 aromatic rings. The van der Waals surface area contributed by atoms with Crippen molar-refractivity contribution in [2.45, 2.75) is 50.9 Å². The van der Waals surface area contributed by atoms with E-state index in [0.29, 0.717) is 24.9 Å². The number of nitrogen functional groups attached to an aromatic ring is 1. The molecule has 1 aliphatic carbocycles. The Labute approximate surface area is 108 Å². The smallest absolute Gasteiger partial charge is 0.223 e. The highest BCUT2D eigenvalue weighted by atomic mass is 16.5. The van der Waals surface area contributed by atoms with Gasteiger partial charge in [-0.1, -0.05) is 25.7 Å². The number of hydrogen-bond acceptors (Lipinski definition) is 5. The van der Waals surface area contributed by atoms with Gasteiger partial charge in [0.15, 0.2) is 0 Å². The quantitative estimate of drug-likeness (QED) is 0.828. The predicted octanol–water partition coefficient (Wildman–Crippen LogP) is 2.08. The number of anilines is 1. The molecule has 0 radical (unpaired) electrons. The van der Waals surface area contributed by atoms with Gasteiger partial charge in [0.1, 0.15) is 11.6 Å². The molecule has 0 aliphatic heterocycles. The first-order valence-corrected chi connectivity index (χ1v) is 6.79. The average molecular weight is 250 g/mol. The summed E-state index contributed by atoms with van der Waals surface area (Å²) >= 11 is 0. The Bertz CT molecular complexity index is 375. The van der Waals surface area contributed by atoms with Gasteiger partial charge in [-0.05, 0) is 12.8 Å². The number of ether oxygens (including phenoxy) is 1. The highest BCUT2D eigenvalue weighted by Crippen LogP contribution is 2.29. The molecule has 0 amide bonds. The van der Waals surface area contributed by atoms with Gasteiger partial charge in [0.05, 0.1) is 6.61 Å². The van der Waals surface area contributed by atoms with Crippen LogP contribution < -0.4 is 5.73 Å². The molecule has 0 aromatic carbocycles. The molecule has 0 saturated heterocycles. The van der Waals surface area contributed by atoms with Crippen molar-refractivity contribution in [1.82, 2.24) is 15.0 Å². The van der Waals surface area contributed by atoms with Crippen LogP contribution in [0.4, 0.5) is 5.95 Å². The third-order valence-electron chi connectivity index (χ3n) is 3.47. The Balaban J connectivity index is 2.12. The second kappa shape index (κ2) is 6.64. The Morgan fingerprint density at radius 2 is 1.83 bits per heavy atom. The van der Waals surface area contributed by atoms with E-state index < -0.39 is 0 Å². The van der Waals surface area contributed by atoms with Crippen LogP contribution in [0, 0.1) is 0 Å². The zero-order valence-corrected chi connectivity index (χ0v) is 11.1. The van der Waals surface area contributed by atoms with E-state index in [1.54, 1.807) is 7.11 Å². The topological polar surface area (TPSA) is 73.9 Å². The third-order valence-corrected chi connectivity index (χ3v) is 3.47. The van der Waals surface area contributed by atoms with E-state index >= 15 is 0 Å². The van der Waals surface area contributed by atoms with E-state index in [2.05, 4.69) is 15.0 Å². The van der Waals surface area contributed by atoms with Gasteiger partial charge in [-0.3, -0.25) is 0 Å². The van der Waals surface area contributed by atoms with Crippen molar-refractivity contribution in [3.63, 3.8) is 0 Å². The number of methoxy groups -OCH3 is 1. The normalized spacial score (nSPS) is 17.6. The molecule has 100 valence electrons. The molecule has 1 saturated carbocycles. The average Bonchev–Trinajstić information content (AvgIpc) is 2.64. The fourth-order valence-corrected chi connectivity index (χ4v) is 2.48. The van der Waals surface area contributed by atoms with Crippen molar-refractivity contribution in [3.05, 3.63) is 11.6 Å². The summed E-state index contributed by atoms with van der Waals surface area (Å²) in [6, 6.07) is 0. The molecule has 1 fully saturated rings. The van der Waals surface area contributed by atoms with Crippen molar-refractivity contribution >= 4 is 5.95 Å². The zero-order chi connectivity index (χ0) is 12.8. The summed E-state index contributed by atoms with van der Waals surface area (Å²) in [5, 5.41) is 0. The molecular formula is C13H22N4O. The molecule has 18 heavy (non-hydrogen) atoms. The van der Waals surface area contributed by atoms with Crippen LogP contribution in [0.1, 0.15) is 56.1 Å². The maximum absolute atomic E-state index is 5.77. The SMILES string of the molecule is COCCc1nc(N)nc(C2CCCCCC2)n1. The van der Waals surface area contributed by atoms with Crippen LogP contribution in [0.15, 0.2) is 0 Å². The first kappa shape index (κ1) is 13.2.